The third-order valence-electron chi connectivity index (χ3n) is 3.33. The lowest BCUT2D eigenvalue weighted by Crippen LogP contribution is -2.32. The lowest BCUT2D eigenvalue weighted by Gasteiger charge is -2.03. The molecule has 0 unspecified atom stereocenters. The highest BCUT2D eigenvalue weighted by atomic mass is 16.5. The number of nitrogens with one attached hydrogen (secondary N) is 1. The average molecular weight is 339 g/mol. The smallest absolute Gasteiger partial charge is 0.349 e. The summed E-state index contributed by atoms with van der Waals surface area (Å²) < 4.78 is 5.80. The molecule has 2 aromatic carbocycles. The van der Waals surface area contributed by atoms with Gasteiger partial charge in [0.25, 0.3) is 5.56 Å². The van der Waals surface area contributed by atoms with Gasteiger partial charge in [0.05, 0.1) is 17.1 Å². The lowest BCUT2D eigenvalue weighted by molar-refractivity contribution is -0.139. The maximum Gasteiger partial charge on any atom is 0.349 e. The molecular weight excluding hydrogens is 326 g/mol. The van der Waals surface area contributed by atoms with Gasteiger partial charge >= 0.3 is 11.7 Å². The molecule has 0 fully saturated rings. The van der Waals surface area contributed by atoms with Crippen LogP contribution >= 0.6 is 0 Å². The molecule has 3 aromatic rings. The first-order valence-corrected chi connectivity index (χ1v) is 7.28. The second-order valence-electron chi connectivity index (χ2n) is 5.09. The number of fused-ring (bicyclic) bond motifs is 1. The molecule has 8 heteroatoms. The van der Waals surface area contributed by atoms with E-state index in [1.165, 1.54) is 6.21 Å². The maximum atomic E-state index is 12.4. The Labute approximate surface area is 140 Å². The van der Waals surface area contributed by atoms with Crippen molar-refractivity contribution >= 4 is 23.1 Å². The fraction of sp³-hybridized carbons (Fsp3) is 0.0588. The molecule has 0 radical (unpaired) electrons. The molecule has 1 heterocycles. The van der Waals surface area contributed by atoms with E-state index in [0.717, 1.165) is 4.68 Å². The number of carboxylic acids is 1. The molecule has 126 valence electrons. The van der Waals surface area contributed by atoms with Crippen molar-refractivity contribution in [1.82, 2.24) is 9.66 Å². The Morgan fingerprint density at radius 1 is 1.20 bits per heavy atom. The van der Waals surface area contributed by atoms with Crippen molar-refractivity contribution < 1.29 is 14.6 Å². The SMILES string of the molecule is O=C(O)COc1cccc(C=Nn2c(=O)[nH]c3ccccc3c2=O)c1. The average Bonchev–Trinajstić information content (AvgIpc) is 2.60. The minimum absolute atomic E-state index is 0.339. The van der Waals surface area contributed by atoms with Crippen LogP contribution in [0.4, 0.5) is 0 Å². The molecule has 3 rings (SSSR count). The van der Waals surface area contributed by atoms with Gasteiger partial charge in [0.2, 0.25) is 0 Å². The largest absolute Gasteiger partial charge is 0.482 e. The Kier molecular flexibility index (Phi) is 4.42. The van der Waals surface area contributed by atoms with E-state index in [1.807, 2.05) is 0 Å². The highest BCUT2D eigenvalue weighted by molar-refractivity contribution is 5.81. The zero-order chi connectivity index (χ0) is 17.8. The topological polar surface area (TPSA) is 114 Å². The van der Waals surface area contributed by atoms with Gasteiger partial charge in [-0.15, -0.1) is 4.68 Å². The molecule has 0 spiro atoms. The summed E-state index contributed by atoms with van der Waals surface area (Å²) in [5.41, 5.74) is -0.206. The standard InChI is InChI=1S/C17H13N3O5/c21-15(22)10-25-12-5-3-4-11(8-12)9-18-20-16(23)13-6-1-2-7-14(13)19-17(20)24/h1-9H,10H2,(H,19,24)(H,21,22). The minimum Gasteiger partial charge on any atom is -0.482 e. The van der Waals surface area contributed by atoms with Crippen molar-refractivity contribution in [3.8, 4) is 5.75 Å². The van der Waals surface area contributed by atoms with Gasteiger partial charge in [-0.1, -0.05) is 24.3 Å². The molecule has 8 nitrogen and oxygen atoms in total. The van der Waals surface area contributed by atoms with Gasteiger partial charge in [0.1, 0.15) is 5.75 Å². The molecule has 0 bridgehead atoms. The normalized spacial score (nSPS) is 11.0. The van der Waals surface area contributed by atoms with Gasteiger partial charge in [0, 0.05) is 0 Å². The molecule has 0 aliphatic heterocycles. The Morgan fingerprint density at radius 2 is 2.00 bits per heavy atom. The van der Waals surface area contributed by atoms with E-state index in [-0.39, 0.29) is 0 Å². The summed E-state index contributed by atoms with van der Waals surface area (Å²) in [6, 6.07) is 13.1. The fourth-order valence-corrected chi connectivity index (χ4v) is 2.21. The number of H-pyrrole nitrogens is 1. The molecule has 1 aromatic heterocycles. The van der Waals surface area contributed by atoms with Crippen molar-refractivity contribution in [3.63, 3.8) is 0 Å². The zero-order valence-electron chi connectivity index (χ0n) is 12.9. The van der Waals surface area contributed by atoms with E-state index in [1.54, 1.807) is 48.5 Å². The summed E-state index contributed by atoms with van der Waals surface area (Å²) in [7, 11) is 0. The van der Waals surface area contributed by atoms with Crippen molar-refractivity contribution in [3.05, 3.63) is 74.9 Å². The van der Waals surface area contributed by atoms with Gasteiger partial charge in [-0.25, -0.2) is 9.59 Å². The highest BCUT2D eigenvalue weighted by Crippen LogP contribution is 2.12. The molecule has 0 aliphatic carbocycles. The van der Waals surface area contributed by atoms with Crippen LogP contribution in [-0.2, 0) is 4.79 Å². The summed E-state index contributed by atoms with van der Waals surface area (Å²) in [6.45, 7) is -0.468. The van der Waals surface area contributed by atoms with Gasteiger partial charge in [-0.2, -0.15) is 5.10 Å². The number of aromatic amines is 1. The van der Waals surface area contributed by atoms with E-state index < -0.39 is 23.8 Å². The van der Waals surface area contributed by atoms with Crippen LogP contribution in [0.15, 0.2) is 63.2 Å². The van der Waals surface area contributed by atoms with E-state index in [2.05, 4.69) is 10.1 Å². The monoisotopic (exact) mass is 339 g/mol. The summed E-state index contributed by atoms with van der Waals surface area (Å²) >= 11 is 0. The van der Waals surface area contributed by atoms with Crippen molar-refractivity contribution in [2.45, 2.75) is 0 Å². The molecular formula is C17H13N3O5. The number of rotatable bonds is 5. The number of hydrogen-bond donors (Lipinski definition) is 2. The van der Waals surface area contributed by atoms with Crippen LogP contribution in [0.3, 0.4) is 0 Å². The summed E-state index contributed by atoms with van der Waals surface area (Å²) in [5.74, 6) is -0.751. The predicted octanol–water partition coefficient (Wildman–Crippen LogP) is 1.04. The molecule has 0 amide bonds. The summed E-state index contributed by atoms with van der Waals surface area (Å²) in [5, 5.41) is 12.9. The number of benzene rings is 2. The van der Waals surface area contributed by atoms with Gasteiger partial charge in [-0.05, 0) is 29.8 Å². The number of nitrogens with zero attached hydrogens (tertiary/aromatic N) is 2. The van der Waals surface area contributed by atoms with E-state index in [0.29, 0.717) is 22.2 Å². The Balaban J connectivity index is 1.94. The molecule has 0 saturated carbocycles. The van der Waals surface area contributed by atoms with Crippen LogP contribution in [0.2, 0.25) is 0 Å². The Bertz CT molecular complexity index is 1080. The van der Waals surface area contributed by atoms with Crippen LogP contribution < -0.4 is 16.0 Å². The molecule has 0 aliphatic rings. The Morgan fingerprint density at radius 3 is 2.80 bits per heavy atom. The summed E-state index contributed by atoms with van der Waals surface area (Å²) in [6.07, 6.45) is 1.32. The fourth-order valence-electron chi connectivity index (χ4n) is 2.21. The van der Waals surface area contributed by atoms with E-state index in [9.17, 15) is 14.4 Å². The minimum atomic E-state index is -1.09. The van der Waals surface area contributed by atoms with Crippen molar-refractivity contribution in [2.24, 2.45) is 5.10 Å². The zero-order valence-corrected chi connectivity index (χ0v) is 12.9. The first-order valence-electron chi connectivity index (χ1n) is 7.28. The second kappa shape index (κ2) is 6.83. The van der Waals surface area contributed by atoms with Crippen molar-refractivity contribution in [1.29, 1.82) is 0 Å². The van der Waals surface area contributed by atoms with Gasteiger partial charge < -0.3 is 14.8 Å². The quantitative estimate of drug-likeness (QED) is 0.674. The first-order chi connectivity index (χ1) is 12.0. The van der Waals surface area contributed by atoms with Crippen LogP contribution in [0, 0.1) is 0 Å². The van der Waals surface area contributed by atoms with Crippen LogP contribution in [0.5, 0.6) is 5.75 Å². The van der Waals surface area contributed by atoms with Crippen molar-refractivity contribution in [2.75, 3.05) is 6.61 Å². The lowest BCUT2D eigenvalue weighted by atomic mass is 10.2. The number of aliphatic carboxylic acids is 1. The van der Waals surface area contributed by atoms with Crippen LogP contribution in [-0.4, -0.2) is 33.6 Å². The molecule has 0 atom stereocenters. The third-order valence-corrected chi connectivity index (χ3v) is 3.33. The number of carbonyl (C=O) groups is 1. The number of para-hydroxylation sites is 1. The van der Waals surface area contributed by atoms with E-state index in [4.69, 9.17) is 9.84 Å². The molecule has 25 heavy (non-hydrogen) atoms. The number of carboxylic acid groups (broad SMARTS) is 1. The Hall–Kier alpha value is -3.68. The van der Waals surface area contributed by atoms with Gasteiger partial charge in [0.15, 0.2) is 6.61 Å². The second-order valence-corrected chi connectivity index (χ2v) is 5.09. The first kappa shape index (κ1) is 16.2. The van der Waals surface area contributed by atoms with Crippen LogP contribution in [0.1, 0.15) is 5.56 Å². The van der Waals surface area contributed by atoms with Gasteiger partial charge in [-0.3, -0.25) is 4.79 Å². The van der Waals surface area contributed by atoms with E-state index >= 15 is 0 Å². The van der Waals surface area contributed by atoms with Crippen LogP contribution in [0.25, 0.3) is 10.9 Å². The summed E-state index contributed by atoms with van der Waals surface area (Å²) in [4.78, 5) is 37.5. The maximum absolute atomic E-state index is 12.4. The molecule has 0 saturated heterocycles. The number of ether oxygens (including phenoxy) is 1. The number of hydrogen-bond acceptors (Lipinski definition) is 5. The number of aromatic nitrogens is 2. The third kappa shape index (κ3) is 3.63. The predicted molar refractivity (Wildman–Crippen MR) is 91.4 cm³/mol. The molecule has 2 N–H and O–H groups in total. The highest BCUT2D eigenvalue weighted by Gasteiger charge is 2.05.